The molecule has 116 valence electrons. The van der Waals surface area contributed by atoms with Crippen LogP contribution in [0.5, 0.6) is 5.75 Å². The predicted molar refractivity (Wildman–Crippen MR) is 79.2 cm³/mol. The molecule has 6 heteroatoms. The van der Waals surface area contributed by atoms with E-state index in [0.717, 1.165) is 24.2 Å². The van der Waals surface area contributed by atoms with Crippen LogP contribution >= 0.6 is 0 Å². The lowest BCUT2D eigenvalue weighted by Gasteiger charge is -2.17. The van der Waals surface area contributed by atoms with E-state index in [2.05, 4.69) is 10.2 Å². The molecule has 1 atom stereocenters. The molecule has 0 saturated carbocycles. The highest BCUT2D eigenvalue weighted by molar-refractivity contribution is 5.78. The van der Waals surface area contributed by atoms with E-state index in [1.807, 2.05) is 6.92 Å². The highest BCUT2D eigenvalue weighted by Gasteiger charge is 2.29. The number of likely N-dealkylation sites (tertiary alicyclic amines) is 1. The van der Waals surface area contributed by atoms with E-state index in [1.165, 1.54) is 24.3 Å². The summed E-state index contributed by atoms with van der Waals surface area (Å²) in [4.78, 5) is 14.0. The Bertz CT molecular complexity index is 654. The molecule has 1 aliphatic heterocycles. The number of H-pyrrole nitrogens is 1. The van der Waals surface area contributed by atoms with Gasteiger partial charge in [-0.3, -0.25) is 9.89 Å². The van der Waals surface area contributed by atoms with E-state index in [9.17, 15) is 9.18 Å². The van der Waals surface area contributed by atoms with Gasteiger partial charge in [-0.05, 0) is 43.2 Å². The number of ether oxygens (including phenoxy) is 1. The number of aromatic amines is 1. The predicted octanol–water partition coefficient (Wildman–Crippen LogP) is 2.25. The van der Waals surface area contributed by atoms with Crippen molar-refractivity contribution in [2.45, 2.75) is 19.3 Å². The molecule has 0 bridgehead atoms. The fourth-order valence-electron chi connectivity index (χ4n) is 2.76. The van der Waals surface area contributed by atoms with Crippen LogP contribution in [0, 0.1) is 12.7 Å². The molecule has 1 aromatic carbocycles. The zero-order chi connectivity index (χ0) is 15.5. The molecule has 3 rings (SSSR count). The van der Waals surface area contributed by atoms with Gasteiger partial charge in [-0.25, -0.2) is 4.39 Å². The van der Waals surface area contributed by atoms with Gasteiger partial charge in [-0.1, -0.05) is 0 Å². The number of aryl methyl sites for hydroxylation is 1. The lowest BCUT2D eigenvalue weighted by molar-refractivity contribution is -0.132. The Balaban J connectivity index is 1.53. The summed E-state index contributed by atoms with van der Waals surface area (Å²) in [5.41, 5.74) is 2.23. The van der Waals surface area contributed by atoms with Gasteiger partial charge in [0.2, 0.25) is 0 Å². The second kappa shape index (κ2) is 6.17. The molecule has 0 radical (unpaired) electrons. The second-order valence-electron chi connectivity index (χ2n) is 5.53. The van der Waals surface area contributed by atoms with E-state index >= 15 is 0 Å². The summed E-state index contributed by atoms with van der Waals surface area (Å²) in [5.74, 6) is 0.423. The number of amides is 1. The summed E-state index contributed by atoms with van der Waals surface area (Å²) in [7, 11) is 0. The molecule has 1 amide bonds. The number of carbonyl (C=O) groups is 1. The van der Waals surface area contributed by atoms with Crippen molar-refractivity contribution < 1.29 is 13.9 Å². The Labute approximate surface area is 128 Å². The minimum Gasteiger partial charge on any atom is -0.484 e. The number of rotatable bonds is 4. The van der Waals surface area contributed by atoms with Crippen LogP contribution in [-0.2, 0) is 4.79 Å². The third-order valence-electron chi connectivity index (χ3n) is 3.99. The maximum absolute atomic E-state index is 12.8. The van der Waals surface area contributed by atoms with Crippen LogP contribution < -0.4 is 4.74 Å². The third kappa shape index (κ3) is 3.10. The van der Waals surface area contributed by atoms with Crippen molar-refractivity contribution in [3.05, 3.63) is 47.5 Å². The maximum atomic E-state index is 12.8. The van der Waals surface area contributed by atoms with Crippen molar-refractivity contribution in [1.29, 1.82) is 0 Å². The van der Waals surface area contributed by atoms with Crippen LogP contribution in [-0.4, -0.2) is 40.7 Å². The van der Waals surface area contributed by atoms with Gasteiger partial charge in [0.1, 0.15) is 11.6 Å². The monoisotopic (exact) mass is 303 g/mol. The molecule has 1 N–H and O–H groups in total. The van der Waals surface area contributed by atoms with Crippen molar-refractivity contribution in [1.82, 2.24) is 15.1 Å². The largest absolute Gasteiger partial charge is 0.484 e. The molecular formula is C16H18FN3O2. The standard InChI is InChI=1S/C16H18FN3O2/c1-11-8-18-19-16(11)12-6-7-20(9-12)15(21)10-22-14-4-2-13(17)3-5-14/h2-5,8,12H,6-7,9-10H2,1H3,(H,18,19)/t12-/m1/s1. The van der Waals surface area contributed by atoms with Gasteiger partial charge in [-0.15, -0.1) is 0 Å². The Kier molecular flexibility index (Phi) is 4.09. The number of benzene rings is 1. The van der Waals surface area contributed by atoms with Crippen LogP contribution in [0.25, 0.3) is 0 Å². The quantitative estimate of drug-likeness (QED) is 0.942. The van der Waals surface area contributed by atoms with Gasteiger partial charge in [0, 0.05) is 24.7 Å². The number of nitrogens with one attached hydrogen (secondary N) is 1. The molecule has 2 aromatic rings. The minimum atomic E-state index is -0.323. The lowest BCUT2D eigenvalue weighted by Crippen LogP contribution is -2.32. The zero-order valence-electron chi connectivity index (χ0n) is 12.4. The Hall–Kier alpha value is -2.37. The molecule has 1 aliphatic rings. The van der Waals surface area contributed by atoms with E-state index in [-0.39, 0.29) is 18.3 Å². The highest BCUT2D eigenvalue weighted by atomic mass is 19.1. The molecule has 5 nitrogen and oxygen atoms in total. The summed E-state index contributed by atoms with van der Waals surface area (Å²) >= 11 is 0. The first-order valence-corrected chi connectivity index (χ1v) is 7.29. The number of hydrogen-bond acceptors (Lipinski definition) is 3. The van der Waals surface area contributed by atoms with Gasteiger partial charge in [-0.2, -0.15) is 5.10 Å². The molecule has 2 heterocycles. The van der Waals surface area contributed by atoms with Gasteiger partial charge in [0.25, 0.3) is 5.91 Å². The molecule has 0 spiro atoms. The summed E-state index contributed by atoms with van der Waals surface area (Å²) in [6.07, 6.45) is 2.72. The van der Waals surface area contributed by atoms with E-state index in [1.54, 1.807) is 11.1 Å². The van der Waals surface area contributed by atoms with Crippen LogP contribution in [0.2, 0.25) is 0 Å². The molecule has 1 aromatic heterocycles. The number of carbonyl (C=O) groups excluding carboxylic acids is 1. The fraction of sp³-hybridized carbons (Fsp3) is 0.375. The Morgan fingerprint density at radius 1 is 1.45 bits per heavy atom. The fourth-order valence-corrected chi connectivity index (χ4v) is 2.76. The molecule has 22 heavy (non-hydrogen) atoms. The summed E-state index contributed by atoms with van der Waals surface area (Å²) < 4.78 is 18.2. The average Bonchev–Trinajstić information content (AvgIpc) is 3.15. The summed E-state index contributed by atoms with van der Waals surface area (Å²) in [6, 6.07) is 5.66. The number of hydrogen-bond donors (Lipinski definition) is 1. The smallest absolute Gasteiger partial charge is 0.260 e. The first-order valence-electron chi connectivity index (χ1n) is 7.29. The molecule has 1 saturated heterocycles. The first kappa shape index (κ1) is 14.6. The number of nitrogens with zero attached hydrogens (tertiary/aromatic N) is 2. The maximum Gasteiger partial charge on any atom is 0.260 e. The second-order valence-corrected chi connectivity index (χ2v) is 5.53. The van der Waals surface area contributed by atoms with Gasteiger partial charge in [0.05, 0.1) is 6.20 Å². The van der Waals surface area contributed by atoms with Gasteiger partial charge in [0.15, 0.2) is 6.61 Å². The van der Waals surface area contributed by atoms with E-state index in [4.69, 9.17) is 4.74 Å². The van der Waals surface area contributed by atoms with Gasteiger partial charge >= 0.3 is 0 Å². The molecule has 0 unspecified atom stereocenters. The van der Waals surface area contributed by atoms with Crippen molar-refractivity contribution in [2.24, 2.45) is 0 Å². The average molecular weight is 303 g/mol. The molecular weight excluding hydrogens is 285 g/mol. The third-order valence-corrected chi connectivity index (χ3v) is 3.99. The molecule has 1 fully saturated rings. The zero-order valence-corrected chi connectivity index (χ0v) is 12.4. The normalized spacial score (nSPS) is 17.7. The highest BCUT2D eigenvalue weighted by Crippen LogP contribution is 2.27. The van der Waals surface area contributed by atoms with Crippen LogP contribution in [0.1, 0.15) is 23.6 Å². The first-order chi connectivity index (χ1) is 10.6. The van der Waals surface area contributed by atoms with E-state index < -0.39 is 0 Å². The van der Waals surface area contributed by atoms with Crippen LogP contribution in [0.4, 0.5) is 4.39 Å². The molecule has 0 aliphatic carbocycles. The Morgan fingerprint density at radius 2 is 2.23 bits per heavy atom. The van der Waals surface area contributed by atoms with Crippen molar-refractivity contribution in [2.75, 3.05) is 19.7 Å². The van der Waals surface area contributed by atoms with Crippen molar-refractivity contribution >= 4 is 5.91 Å². The Morgan fingerprint density at radius 3 is 2.91 bits per heavy atom. The number of aromatic nitrogens is 2. The van der Waals surface area contributed by atoms with Gasteiger partial charge < -0.3 is 9.64 Å². The van der Waals surface area contributed by atoms with Crippen molar-refractivity contribution in [3.63, 3.8) is 0 Å². The number of halogens is 1. The lowest BCUT2D eigenvalue weighted by atomic mass is 10.0. The topological polar surface area (TPSA) is 58.2 Å². The minimum absolute atomic E-state index is 0.0275. The summed E-state index contributed by atoms with van der Waals surface area (Å²) in [6.45, 7) is 3.38. The van der Waals surface area contributed by atoms with Crippen LogP contribution in [0.15, 0.2) is 30.5 Å². The van der Waals surface area contributed by atoms with Crippen molar-refractivity contribution in [3.8, 4) is 5.75 Å². The van der Waals surface area contributed by atoms with Crippen LogP contribution in [0.3, 0.4) is 0 Å². The SMILES string of the molecule is Cc1cn[nH]c1[C@@H]1CCN(C(=O)COc2ccc(F)cc2)C1. The van der Waals surface area contributed by atoms with E-state index in [0.29, 0.717) is 18.2 Å². The summed E-state index contributed by atoms with van der Waals surface area (Å²) in [5, 5.41) is 7.05.